The molecular formula is C15H16N2O. The molecule has 0 bridgehead atoms. The van der Waals surface area contributed by atoms with Crippen LogP contribution in [0, 0.1) is 6.92 Å². The summed E-state index contributed by atoms with van der Waals surface area (Å²) in [6.45, 7) is 2.43. The van der Waals surface area contributed by atoms with E-state index in [0.717, 1.165) is 16.8 Å². The van der Waals surface area contributed by atoms with Gasteiger partial charge in [0.05, 0.1) is 0 Å². The van der Waals surface area contributed by atoms with Crippen molar-refractivity contribution in [3.8, 4) is 0 Å². The third-order valence-corrected chi connectivity index (χ3v) is 2.82. The van der Waals surface area contributed by atoms with Crippen LogP contribution in [0.3, 0.4) is 0 Å². The maximum Gasteiger partial charge on any atom is 0.255 e. The largest absolute Gasteiger partial charge is 0.326 e. The Labute approximate surface area is 107 Å². The van der Waals surface area contributed by atoms with E-state index in [0.29, 0.717) is 12.1 Å². The molecule has 2 aromatic rings. The summed E-state index contributed by atoms with van der Waals surface area (Å²) in [6.07, 6.45) is 0. The Hall–Kier alpha value is -2.13. The minimum Gasteiger partial charge on any atom is -0.326 e. The SMILES string of the molecule is Cc1ccc(CN)cc1NC(=O)c1ccccc1. The van der Waals surface area contributed by atoms with Crippen LogP contribution in [0.25, 0.3) is 0 Å². The van der Waals surface area contributed by atoms with Crippen LogP contribution in [0.1, 0.15) is 21.5 Å². The first-order chi connectivity index (χ1) is 8.70. The zero-order valence-corrected chi connectivity index (χ0v) is 10.3. The van der Waals surface area contributed by atoms with E-state index < -0.39 is 0 Å². The van der Waals surface area contributed by atoms with Crippen molar-refractivity contribution in [1.82, 2.24) is 0 Å². The number of benzene rings is 2. The first-order valence-electron chi connectivity index (χ1n) is 5.86. The van der Waals surface area contributed by atoms with E-state index in [2.05, 4.69) is 5.32 Å². The molecule has 3 heteroatoms. The summed E-state index contributed by atoms with van der Waals surface area (Å²) in [7, 11) is 0. The first-order valence-corrected chi connectivity index (χ1v) is 5.86. The smallest absolute Gasteiger partial charge is 0.255 e. The summed E-state index contributed by atoms with van der Waals surface area (Å²) >= 11 is 0. The maximum atomic E-state index is 12.0. The summed E-state index contributed by atoms with van der Waals surface area (Å²) in [5.41, 5.74) is 9.09. The molecule has 1 amide bonds. The molecular weight excluding hydrogens is 224 g/mol. The summed E-state index contributed by atoms with van der Waals surface area (Å²) in [5, 5.41) is 2.91. The van der Waals surface area contributed by atoms with Crippen LogP contribution in [0.15, 0.2) is 48.5 Å². The molecule has 0 heterocycles. The van der Waals surface area contributed by atoms with E-state index >= 15 is 0 Å². The monoisotopic (exact) mass is 240 g/mol. The Balaban J connectivity index is 2.21. The Bertz CT molecular complexity index is 550. The number of nitrogens with one attached hydrogen (secondary N) is 1. The molecule has 0 aliphatic heterocycles. The lowest BCUT2D eigenvalue weighted by Crippen LogP contribution is -2.13. The minimum absolute atomic E-state index is 0.104. The number of carbonyl (C=O) groups is 1. The fourth-order valence-corrected chi connectivity index (χ4v) is 1.71. The van der Waals surface area contributed by atoms with E-state index in [1.54, 1.807) is 12.1 Å². The quantitative estimate of drug-likeness (QED) is 0.866. The molecule has 0 fully saturated rings. The molecule has 0 radical (unpaired) electrons. The van der Waals surface area contributed by atoms with E-state index in [1.807, 2.05) is 43.3 Å². The lowest BCUT2D eigenvalue weighted by molar-refractivity contribution is 0.102. The van der Waals surface area contributed by atoms with E-state index in [9.17, 15) is 4.79 Å². The number of carbonyl (C=O) groups excluding carboxylic acids is 1. The van der Waals surface area contributed by atoms with Crippen molar-refractivity contribution in [2.75, 3.05) is 5.32 Å². The number of nitrogens with two attached hydrogens (primary N) is 1. The standard InChI is InChI=1S/C15H16N2O/c1-11-7-8-12(10-16)9-14(11)17-15(18)13-5-3-2-4-6-13/h2-9H,10,16H2,1H3,(H,17,18). The van der Waals surface area contributed by atoms with Gasteiger partial charge in [-0.1, -0.05) is 30.3 Å². The van der Waals surface area contributed by atoms with Crippen molar-refractivity contribution in [3.05, 3.63) is 65.2 Å². The van der Waals surface area contributed by atoms with Gasteiger partial charge in [-0.2, -0.15) is 0 Å². The van der Waals surface area contributed by atoms with E-state index in [4.69, 9.17) is 5.73 Å². The van der Waals surface area contributed by atoms with Crippen LogP contribution >= 0.6 is 0 Å². The van der Waals surface area contributed by atoms with Crippen LogP contribution in [0.5, 0.6) is 0 Å². The Morgan fingerprint density at radius 2 is 1.89 bits per heavy atom. The number of rotatable bonds is 3. The van der Waals surface area contributed by atoms with Gasteiger partial charge in [-0.25, -0.2) is 0 Å². The lowest BCUT2D eigenvalue weighted by Gasteiger charge is -2.10. The molecule has 0 saturated carbocycles. The summed E-state index contributed by atoms with van der Waals surface area (Å²) in [5.74, 6) is -0.104. The normalized spacial score (nSPS) is 10.1. The Kier molecular flexibility index (Phi) is 3.75. The fourth-order valence-electron chi connectivity index (χ4n) is 1.71. The zero-order chi connectivity index (χ0) is 13.0. The second kappa shape index (κ2) is 5.47. The first kappa shape index (κ1) is 12.3. The van der Waals surface area contributed by atoms with Crippen LogP contribution in [0.4, 0.5) is 5.69 Å². The van der Waals surface area contributed by atoms with Gasteiger partial charge in [-0.15, -0.1) is 0 Å². The van der Waals surface area contributed by atoms with Crippen LogP contribution in [0.2, 0.25) is 0 Å². The number of hydrogen-bond acceptors (Lipinski definition) is 2. The molecule has 3 N–H and O–H groups in total. The van der Waals surface area contributed by atoms with Gasteiger partial charge in [-0.05, 0) is 36.2 Å². The van der Waals surface area contributed by atoms with Gasteiger partial charge in [0, 0.05) is 17.8 Å². The number of aryl methyl sites for hydroxylation is 1. The van der Waals surface area contributed by atoms with Gasteiger partial charge in [0.15, 0.2) is 0 Å². The molecule has 0 spiro atoms. The van der Waals surface area contributed by atoms with Gasteiger partial charge in [0.1, 0.15) is 0 Å². The summed E-state index contributed by atoms with van der Waals surface area (Å²) < 4.78 is 0. The van der Waals surface area contributed by atoms with Gasteiger partial charge in [0.2, 0.25) is 0 Å². The predicted octanol–water partition coefficient (Wildman–Crippen LogP) is 2.71. The average Bonchev–Trinajstić information content (AvgIpc) is 2.42. The molecule has 0 atom stereocenters. The summed E-state index contributed by atoms with van der Waals surface area (Å²) in [6, 6.07) is 15.0. The molecule has 92 valence electrons. The molecule has 2 rings (SSSR count). The highest BCUT2D eigenvalue weighted by molar-refractivity contribution is 6.04. The van der Waals surface area contributed by atoms with Crippen LogP contribution < -0.4 is 11.1 Å². The summed E-state index contributed by atoms with van der Waals surface area (Å²) in [4.78, 5) is 12.0. The van der Waals surface area contributed by atoms with Crippen LogP contribution in [-0.2, 0) is 6.54 Å². The third kappa shape index (κ3) is 2.76. The minimum atomic E-state index is -0.104. The highest BCUT2D eigenvalue weighted by Crippen LogP contribution is 2.17. The average molecular weight is 240 g/mol. The van der Waals surface area contributed by atoms with Crippen molar-refractivity contribution >= 4 is 11.6 Å². The molecule has 3 nitrogen and oxygen atoms in total. The molecule has 0 unspecified atom stereocenters. The Morgan fingerprint density at radius 3 is 2.56 bits per heavy atom. The lowest BCUT2D eigenvalue weighted by atomic mass is 10.1. The second-order valence-corrected chi connectivity index (χ2v) is 4.17. The van der Waals surface area contributed by atoms with E-state index in [1.165, 1.54) is 0 Å². The fraction of sp³-hybridized carbons (Fsp3) is 0.133. The van der Waals surface area contributed by atoms with E-state index in [-0.39, 0.29) is 5.91 Å². The second-order valence-electron chi connectivity index (χ2n) is 4.17. The molecule has 2 aromatic carbocycles. The van der Waals surface area contributed by atoms with Crippen molar-refractivity contribution in [2.45, 2.75) is 13.5 Å². The van der Waals surface area contributed by atoms with Gasteiger partial charge in [-0.3, -0.25) is 4.79 Å². The Morgan fingerprint density at radius 1 is 1.17 bits per heavy atom. The molecule has 0 saturated heterocycles. The van der Waals surface area contributed by atoms with Crippen LogP contribution in [-0.4, -0.2) is 5.91 Å². The van der Waals surface area contributed by atoms with Crippen molar-refractivity contribution in [1.29, 1.82) is 0 Å². The van der Waals surface area contributed by atoms with Crippen molar-refractivity contribution < 1.29 is 4.79 Å². The number of amides is 1. The number of anilines is 1. The van der Waals surface area contributed by atoms with Gasteiger partial charge < -0.3 is 11.1 Å². The van der Waals surface area contributed by atoms with Gasteiger partial charge >= 0.3 is 0 Å². The van der Waals surface area contributed by atoms with Crippen molar-refractivity contribution in [2.24, 2.45) is 5.73 Å². The zero-order valence-electron chi connectivity index (χ0n) is 10.3. The molecule has 0 aliphatic carbocycles. The third-order valence-electron chi connectivity index (χ3n) is 2.82. The topological polar surface area (TPSA) is 55.1 Å². The van der Waals surface area contributed by atoms with Crippen molar-refractivity contribution in [3.63, 3.8) is 0 Å². The molecule has 18 heavy (non-hydrogen) atoms. The molecule has 0 aromatic heterocycles. The highest BCUT2D eigenvalue weighted by atomic mass is 16.1. The predicted molar refractivity (Wildman–Crippen MR) is 73.5 cm³/mol. The maximum absolute atomic E-state index is 12.0. The molecule has 0 aliphatic rings. The number of hydrogen-bond donors (Lipinski definition) is 2. The highest BCUT2D eigenvalue weighted by Gasteiger charge is 2.07. The van der Waals surface area contributed by atoms with Gasteiger partial charge in [0.25, 0.3) is 5.91 Å².